The lowest BCUT2D eigenvalue weighted by molar-refractivity contribution is -0.410. The van der Waals surface area contributed by atoms with Gasteiger partial charge in [0.2, 0.25) is 0 Å². The van der Waals surface area contributed by atoms with Gasteiger partial charge in [-0.15, -0.1) is 0 Å². The first-order valence-corrected chi connectivity index (χ1v) is 12.0. The highest BCUT2D eigenvalue weighted by Gasteiger charge is 2.94. The van der Waals surface area contributed by atoms with Crippen molar-refractivity contribution in [3.8, 4) is 0 Å². The smallest absolute Gasteiger partial charge is 0.136 e. The van der Waals surface area contributed by atoms with E-state index in [0.717, 1.165) is 19.3 Å². The third-order valence-corrected chi connectivity index (χ3v) is 11.5. The summed E-state index contributed by atoms with van der Waals surface area (Å²) in [6.07, 6.45) is 0.687. The first-order valence-electron chi connectivity index (χ1n) is 12.0. The molecule has 8 heteroatoms. The number of rotatable bonds is 4. The molecule has 9 bridgehead atoms. The average Bonchev–Trinajstić information content (AvgIpc) is 3.16. The summed E-state index contributed by atoms with van der Waals surface area (Å²) in [5, 5.41) is 47.4. The molecule has 31 heavy (non-hydrogen) atoms. The summed E-state index contributed by atoms with van der Waals surface area (Å²) < 4.78 is 18.6. The highest BCUT2D eigenvalue weighted by atomic mass is 16.5. The number of ether oxygens (including phenoxy) is 3. The van der Waals surface area contributed by atoms with Crippen LogP contribution in [0.3, 0.4) is 0 Å². The highest BCUT2D eigenvalue weighted by Crippen LogP contribution is 2.83. The SMILES string of the molecule is CCN1C2O[C@H]3CC[C@]2(CO)[C@H]2[C@H](OC)[C@]4(O)C1[C@@]32[C@@H]1C[C@@H]2[C@@H](OC)C[C@@]4(O)C1[C@H]2O. The number of nitrogens with zero attached hydrogens (tertiary/aromatic N) is 1. The van der Waals surface area contributed by atoms with E-state index < -0.39 is 40.2 Å². The molecule has 3 unspecified atom stereocenters. The van der Waals surface area contributed by atoms with Gasteiger partial charge in [0, 0.05) is 49.2 Å². The van der Waals surface area contributed by atoms with Crippen LogP contribution in [0.25, 0.3) is 0 Å². The Morgan fingerprint density at radius 1 is 1.19 bits per heavy atom. The predicted molar refractivity (Wildman–Crippen MR) is 107 cm³/mol. The van der Waals surface area contributed by atoms with Crippen molar-refractivity contribution in [1.82, 2.24) is 4.90 Å². The Labute approximate surface area is 182 Å². The maximum atomic E-state index is 12.7. The van der Waals surface area contributed by atoms with Gasteiger partial charge in [0.25, 0.3) is 0 Å². The van der Waals surface area contributed by atoms with E-state index in [1.165, 1.54) is 0 Å². The molecular formula is C23H35NO7. The minimum absolute atomic E-state index is 0.0143. The van der Waals surface area contributed by atoms with Crippen LogP contribution in [-0.4, -0.2) is 101 Å². The molecule has 8 nitrogen and oxygen atoms in total. The van der Waals surface area contributed by atoms with E-state index in [1.54, 1.807) is 14.2 Å². The summed E-state index contributed by atoms with van der Waals surface area (Å²) in [7, 11) is 3.25. The number of piperidine rings is 1. The summed E-state index contributed by atoms with van der Waals surface area (Å²) in [6.45, 7) is 2.69. The van der Waals surface area contributed by atoms with Gasteiger partial charge in [-0.1, -0.05) is 6.92 Å². The Balaban J connectivity index is 1.56. The van der Waals surface area contributed by atoms with Crippen LogP contribution in [0.2, 0.25) is 0 Å². The predicted octanol–water partition coefficient (Wildman–Crippen LogP) is -0.673. The molecule has 0 aromatic heterocycles. The van der Waals surface area contributed by atoms with Gasteiger partial charge >= 0.3 is 0 Å². The van der Waals surface area contributed by atoms with Gasteiger partial charge in [0.1, 0.15) is 17.4 Å². The average molecular weight is 438 g/mol. The maximum absolute atomic E-state index is 12.7. The van der Waals surface area contributed by atoms with Crippen LogP contribution >= 0.6 is 0 Å². The van der Waals surface area contributed by atoms with Crippen molar-refractivity contribution >= 4 is 0 Å². The second kappa shape index (κ2) is 5.66. The quantitative estimate of drug-likeness (QED) is 0.458. The molecule has 14 atom stereocenters. The molecule has 0 aromatic carbocycles. The third kappa shape index (κ3) is 1.61. The minimum atomic E-state index is -1.57. The van der Waals surface area contributed by atoms with Gasteiger partial charge in [0.15, 0.2) is 0 Å². The molecule has 9 rings (SSSR count). The molecule has 4 aliphatic heterocycles. The van der Waals surface area contributed by atoms with E-state index in [2.05, 4.69) is 11.8 Å². The largest absolute Gasteiger partial charge is 0.396 e. The second-order valence-corrected chi connectivity index (χ2v) is 11.5. The summed E-state index contributed by atoms with van der Waals surface area (Å²) >= 11 is 0. The van der Waals surface area contributed by atoms with E-state index in [1.807, 2.05) is 0 Å². The number of fused-ring (bicyclic) bond motifs is 3. The molecule has 0 aromatic rings. The Morgan fingerprint density at radius 3 is 2.61 bits per heavy atom. The Hall–Kier alpha value is -0.320. The summed E-state index contributed by atoms with van der Waals surface area (Å²) in [6, 6.07) is -0.323. The Kier molecular flexibility index (Phi) is 3.67. The van der Waals surface area contributed by atoms with Crippen molar-refractivity contribution < 1.29 is 34.6 Å². The van der Waals surface area contributed by atoms with Crippen molar-refractivity contribution in [3.63, 3.8) is 0 Å². The number of aliphatic hydroxyl groups is 4. The van der Waals surface area contributed by atoms with E-state index in [9.17, 15) is 20.4 Å². The van der Waals surface area contributed by atoms with Gasteiger partial charge in [-0.3, -0.25) is 4.90 Å². The monoisotopic (exact) mass is 437 g/mol. The first kappa shape index (κ1) is 20.1. The number of hydrogen-bond donors (Lipinski definition) is 4. The van der Waals surface area contributed by atoms with E-state index in [-0.39, 0.29) is 48.8 Å². The standard InChI is InChI=1S/C23H35NO7/c1-4-24-18-22-11-7-10-12(29-2)8-21(27,14(11)15(10)26)23(18,28)17(30-3)16(22)20(9-25)6-5-13(22)31-19(20)24/h10-19,25-28H,4-9H2,1-3H3/t10-,11-,12+,13+,14?,15+,16-,17+,18?,19?,20+,21-,22+,23+/m1/s1. The second-order valence-electron chi connectivity index (χ2n) is 11.5. The van der Waals surface area contributed by atoms with Crippen LogP contribution in [0, 0.1) is 34.5 Å². The lowest BCUT2D eigenvalue weighted by Crippen LogP contribution is -2.86. The third-order valence-electron chi connectivity index (χ3n) is 11.5. The number of aliphatic hydroxyl groups excluding tert-OH is 2. The molecule has 4 saturated heterocycles. The zero-order chi connectivity index (χ0) is 21.7. The molecule has 5 aliphatic carbocycles. The van der Waals surface area contributed by atoms with Crippen molar-refractivity contribution in [2.24, 2.45) is 34.5 Å². The lowest BCUT2D eigenvalue weighted by Gasteiger charge is -2.76. The minimum Gasteiger partial charge on any atom is -0.396 e. The Morgan fingerprint density at radius 2 is 1.97 bits per heavy atom. The maximum Gasteiger partial charge on any atom is 0.136 e. The lowest BCUT2D eigenvalue weighted by atomic mass is 9.41. The molecule has 0 amide bonds. The van der Waals surface area contributed by atoms with Crippen molar-refractivity contribution in [2.75, 3.05) is 27.4 Å². The number of hydrogen-bond acceptors (Lipinski definition) is 8. The van der Waals surface area contributed by atoms with Crippen LogP contribution in [0.15, 0.2) is 0 Å². The molecule has 174 valence electrons. The number of likely N-dealkylation sites (N-methyl/N-ethyl adjacent to an activating group) is 1. The normalized spacial score (nSPS) is 67.5. The molecule has 0 radical (unpaired) electrons. The fourth-order valence-electron chi connectivity index (χ4n) is 11.0. The molecule has 4 heterocycles. The first-order chi connectivity index (χ1) is 14.8. The van der Waals surface area contributed by atoms with Crippen molar-refractivity contribution in [2.45, 2.75) is 80.5 Å². The highest BCUT2D eigenvalue weighted by molar-refractivity contribution is 5.43. The molecule has 4 N–H and O–H groups in total. The molecule has 9 fully saturated rings. The van der Waals surface area contributed by atoms with Crippen LogP contribution in [0.4, 0.5) is 0 Å². The van der Waals surface area contributed by atoms with Crippen LogP contribution in [0.5, 0.6) is 0 Å². The van der Waals surface area contributed by atoms with Gasteiger partial charge in [-0.25, -0.2) is 0 Å². The summed E-state index contributed by atoms with van der Waals surface area (Å²) in [5.74, 6) is -0.631. The fourth-order valence-corrected chi connectivity index (χ4v) is 11.0. The van der Waals surface area contributed by atoms with Gasteiger partial charge in [0.05, 0.1) is 37.1 Å². The molecule has 1 spiro atoms. The zero-order valence-electron chi connectivity index (χ0n) is 18.5. The Bertz CT molecular complexity index is 828. The van der Waals surface area contributed by atoms with E-state index >= 15 is 0 Å². The summed E-state index contributed by atoms with van der Waals surface area (Å²) in [4.78, 5) is 2.22. The zero-order valence-corrected chi connectivity index (χ0v) is 18.5. The van der Waals surface area contributed by atoms with Crippen molar-refractivity contribution in [1.29, 1.82) is 0 Å². The van der Waals surface area contributed by atoms with Crippen LogP contribution < -0.4 is 0 Å². The molecule has 9 aliphatic rings. The molecule has 5 saturated carbocycles. The van der Waals surface area contributed by atoms with Gasteiger partial charge in [-0.2, -0.15) is 0 Å². The van der Waals surface area contributed by atoms with Crippen molar-refractivity contribution in [3.05, 3.63) is 0 Å². The summed E-state index contributed by atoms with van der Waals surface area (Å²) in [5.41, 5.74) is -4.09. The van der Waals surface area contributed by atoms with Crippen LogP contribution in [-0.2, 0) is 14.2 Å². The van der Waals surface area contributed by atoms with Crippen LogP contribution in [0.1, 0.15) is 32.6 Å². The van der Waals surface area contributed by atoms with E-state index in [0.29, 0.717) is 13.0 Å². The topological polar surface area (TPSA) is 112 Å². The van der Waals surface area contributed by atoms with E-state index in [4.69, 9.17) is 14.2 Å². The fraction of sp³-hybridized carbons (Fsp3) is 1.00. The van der Waals surface area contributed by atoms with Gasteiger partial charge in [-0.05, 0) is 31.7 Å². The van der Waals surface area contributed by atoms with Gasteiger partial charge < -0.3 is 34.6 Å². The number of methoxy groups -OCH3 is 2. The molecular weight excluding hydrogens is 402 g/mol.